The molecule has 4 heteroatoms. The maximum Gasteiger partial charge on any atom is 0.206 e. The largest absolute Gasteiger partial charge is 0.505 e. The van der Waals surface area contributed by atoms with Crippen molar-refractivity contribution in [3.63, 3.8) is 0 Å². The van der Waals surface area contributed by atoms with Crippen LogP contribution in [0.25, 0.3) is 0 Å². The first-order valence-corrected chi connectivity index (χ1v) is 4.33. The fourth-order valence-corrected chi connectivity index (χ4v) is 1.17. The van der Waals surface area contributed by atoms with Gasteiger partial charge in [0.15, 0.2) is 11.5 Å². The molecular weight excluding hydrogens is 186 g/mol. The molecule has 1 unspecified atom stereocenters. The Balaban J connectivity index is 3.12. The third kappa shape index (κ3) is 1.96. The van der Waals surface area contributed by atoms with Gasteiger partial charge in [-0.25, -0.2) is 0 Å². The minimum absolute atomic E-state index is 0.0701. The van der Waals surface area contributed by atoms with E-state index in [1.807, 2.05) is 0 Å². The summed E-state index contributed by atoms with van der Waals surface area (Å²) in [5.74, 6) is -2.44. The minimum Gasteiger partial charge on any atom is -0.505 e. The van der Waals surface area contributed by atoms with Gasteiger partial charge in [-0.15, -0.1) is 0 Å². The van der Waals surface area contributed by atoms with E-state index < -0.39 is 23.4 Å². The Morgan fingerprint density at radius 3 is 1.93 bits per heavy atom. The van der Waals surface area contributed by atoms with Gasteiger partial charge >= 0.3 is 0 Å². The lowest BCUT2D eigenvalue weighted by Crippen LogP contribution is -2.05. The Morgan fingerprint density at radius 1 is 1.14 bits per heavy atom. The molecule has 0 fully saturated rings. The molecule has 0 aliphatic rings. The van der Waals surface area contributed by atoms with Gasteiger partial charge in [0, 0.05) is 0 Å². The normalized spacial score (nSPS) is 13.2. The van der Waals surface area contributed by atoms with Crippen LogP contribution in [0.15, 0.2) is 12.1 Å². The van der Waals surface area contributed by atoms with Crippen LogP contribution < -0.4 is 0 Å². The van der Waals surface area contributed by atoms with Crippen LogP contribution in [0.4, 0.5) is 4.39 Å². The van der Waals surface area contributed by atoms with Gasteiger partial charge in [0.2, 0.25) is 5.82 Å². The molecule has 0 bridgehead atoms. The van der Waals surface area contributed by atoms with E-state index in [0.29, 0.717) is 5.56 Å². The summed E-state index contributed by atoms with van der Waals surface area (Å²) in [7, 11) is 0. The third-order valence-electron chi connectivity index (χ3n) is 2.03. The summed E-state index contributed by atoms with van der Waals surface area (Å²) < 4.78 is 12.8. The first-order chi connectivity index (χ1) is 6.43. The molecule has 0 aromatic heterocycles. The maximum atomic E-state index is 12.8. The third-order valence-corrected chi connectivity index (χ3v) is 2.03. The Bertz CT molecular complexity index is 313. The summed E-state index contributed by atoms with van der Waals surface area (Å²) in [4.78, 5) is 0. The molecule has 1 rings (SSSR count). The summed E-state index contributed by atoms with van der Waals surface area (Å²) in [6, 6.07) is 2.22. The molecule has 0 heterocycles. The van der Waals surface area contributed by atoms with Crippen molar-refractivity contribution in [1.29, 1.82) is 0 Å². The van der Waals surface area contributed by atoms with E-state index in [9.17, 15) is 9.50 Å². The SMILES string of the molecule is CC(C)C(O)c1cc(O)c([18F])c(O)c1. The van der Waals surface area contributed by atoms with Crippen molar-refractivity contribution in [2.24, 2.45) is 5.92 Å². The van der Waals surface area contributed by atoms with E-state index in [1.165, 1.54) is 0 Å². The van der Waals surface area contributed by atoms with E-state index >= 15 is 0 Å². The summed E-state index contributed by atoms with van der Waals surface area (Å²) >= 11 is 0. The average Bonchev–Trinajstić information content (AvgIpc) is 2.12. The van der Waals surface area contributed by atoms with Crippen LogP contribution in [0.2, 0.25) is 0 Å². The second-order valence-electron chi connectivity index (χ2n) is 3.56. The maximum absolute atomic E-state index is 12.8. The Hall–Kier alpha value is -1.29. The number of aliphatic hydroxyl groups excluding tert-OH is 1. The smallest absolute Gasteiger partial charge is 0.206 e. The number of aromatic hydroxyl groups is 2. The number of phenols is 2. The molecular formula is C10H13FO3. The predicted octanol–water partition coefficient (Wildman–Crippen LogP) is 1.93. The molecule has 1 atom stereocenters. The van der Waals surface area contributed by atoms with Crippen LogP contribution >= 0.6 is 0 Å². The van der Waals surface area contributed by atoms with E-state index in [-0.39, 0.29) is 5.92 Å². The number of hydrogen-bond acceptors (Lipinski definition) is 3. The van der Waals surface area contributed by atoms with Gasteiger partial charge in [0.05, 0.1) is 6.10 Å². The Kier molecular flexibility index (Phi) is 2.96. The van der Waals surface area contributed by atoms with E-state index in [4.69, 9.17) is 10.2 Å². The molecule has 3 nitrogen and oxygen atoms in total. The highest BCUT2D eigenvalue weighted by molar-refractivity contribution is 5.39. The zero-order valence-corrected chi connectivity index (χ0v) is 8.03. The molecule has 0 saturated carbocycles. The molecule has 0 saturated heterocycles. The molecule has 0 amide bonds. The van der Waals surface area contributed by atoms with E-state index in [0.717, 1.165) is 12.1 Å². The van der Waals surface area contributed by atoms with Gasteiger partial charge in [0.1, 0.15) is 0 Å². The highest BCUT2D eigenvalue weighted by atomic mass is 18.2. The number of benzene rings is 1. The fraction of sp³-hybridized carbons (Fsp3) is 0.400. The zero-order valence-electron chi connectivity index (χ0n) is 8.03. The van der Waals surface area contributed by atoms with Crippen molar-refractivity contribution in [2.45, 2.75) is 20.0 Å². The zero-order chi connectivity index (χ0) is 10.9. The van der Waals surface area contributed by atoms with Crippen LogP contribution in [0.1, 0.15) is 25.5 Å². The molecule has 0 spiro atoms. The number of aliphatic hydroxyl groups is 1. The molecule has 0 aliphatic heterocycles. The fourth-order valence-electron chi connectivity index (χ4n) is 1.17. The molecule has 3 N–H and O–H groups in total. The highest BCUT2D eigenvalue weighted by Crippen LogP contribution is 2.31. The van der Waals surface area contributed by atoms with Crippen molar-refractivity contribution in [2.75, 3.05) is 0 Å². The molecule has 78 valence electrons. The number of halogens is 1. The first kappa shape index (κ1) is 10.8. The lowest BCUT2D eigenvalue weighted by atomic mass is 9.98. The number of hydrogen-bond donors (Lipinski definition) is 3. The van der Waals surface area contributed by atoms with Crippen molar-refractivity contribution < 1.29 is 19.7 Å². The Labute approximate surface area is 81.4 Å². The predicted molar refractivity (Wildman–Crippen MR) is 49.5 cm³/mol. The molecule has 14 heavy (non-hydrogen) atoms. The van der Waals surface area contributed by atoms with Crippen molar-refractivity contribution in [1.82, 2.24) is 0 Å². The van der Waals surface area contributed by atoms with Crippen molar-refractivity contribution in [3.8, 4) is 11.5 Å². The van der Waals surface area contributed by atoms with Crippen LogP contribution in [0.3, 0.4) is 0 Å². The van der Waals surface area contributed by atoms with Crippen LogP contribution in [-0.2, 0) is 0 Å². The number of phenolic OH excluding ortho intramolecular Hbond substituents is 2. The van der Waals surface area contributed by atoms with Crippen molar-refractivity contribution >= 4 is 0 Å². The molecule has 1 aromatic rings. The lowest BCUT2D eigenvalue weighted by Gasteiger charge is -2.15. The van der Waals surface area contributed by atoms with E-state index in [2.05, 4.69) is 0 Å². The van der Waals surface area contributed by atoms with Crippen molar-refractivity contribution in [3.05, 3.63) is 23.5 Å². The van der Waals surface area contributed by atoms with Gasteiger partial charge in [-0.3, -0.25) is 0 Å². The minimum atomic E-state index is -1.07. The summed E-state index contributed by atoms with van der Waals surface area (Å²) in [6.07, 6.45) is -0.826. The highest BCUT2D eigenvalue weighted by Gasteiger charge is 2.16. The van der Waals surface area contributed by atoms with Gasteiger partial charge in [-0.1, -0.05) is 13.8 Å². The van der Waals surface area contributed by atoms with Crippen LogP contribution in [-0.4, -0.2) is 15.3 Å². The molecule has 1 aromatic carbocycles. The second kappa shape index (κ2) is 3.84. The molecule has 0 aliphatic carbocycles. The van der Waals surface area contributed by atoms with Gasteiger partial charge in [0.25, 0.3) is 0 Å². The van der Waals surface area contributed by atoms with Crippen LogP contribution in [0.5, 0.6) is 11.5 Å². The van der Waals surface area contributed by atoms with E-state index in [1.54, 1.807) is 13.8 Å². The topological polar surface area (TPSA) is 60.7 Å². The standard InChI is InChI=1S/C10H13FO3/c1-5(2)10(14)6-3-7(12)9(11)8(13)4-6/h3-5,10,12-14H,1-2H3/i11-1. The molecule has 0 radical (unpaired) electrons. The first-order valence-electron chi connectivity index (χ1n) is 4.33. The second-order valence-corrected chi connectivity index (χ2v) is 3.56. The summed E-state index contributed by atoms with van der Waals surface area (Å²) in [5.41, 5.74) is 0.302. The number of rotatable bonds is 2. The van der Waals surface area contributed by atoms with Gasteiger partial charge in [-0.05, 0) is 23.6 Å². The van der Waals surface area contributed by atoms with Crippen LogP contribution in [0, 0.1) is 11.7 Å². The van der Waals surface area contributed by atoms with Gasteiger partial charge < -0.3 is 15.3 Å². The Morgan fingerprint density at radius 2 is 1.57 bits per heavy atom. The monoisotopic (exact) mass is 199 g/mol. The summed E-state index contributed by atoms with van der Waals surface area (Å²) in [6.45, 7) is 3.56. The average molecular weight is 199 g/mol. The van der Waals surface area contributed by atoms with Gasteiger partial charge in [-0.2, -0.15) is 4.39 Å². The lowest BCUT2D eigenvalue weighted by molar-refractivity contribution is 0.126. The summed E-state index contributed by atoms with van der Waals surface area (Å²) in [5, 5.41) is 27.7. The quantitative estimate of drug-likeness (QED) is 0.682.